The fourth-order valence-electron chi connectivity index (χ4n) is 1.90. The van der Waals surface area contributed by atoms with Crippen molar-refractivity contribution >= 4 is 51.3 Å². The second kappa shape index (κ2) is 5.06. The fraction of sp³-hybridized carbons (Fsp3) is 0. The van der Waals surface area contributed by atoms with Crippen LogP contribution in [0.1, 0.15) is 10.4 Å². The van der Waals surface area contributed by atoms with Gasteiger partial charge in [-0.3, -0.25) is 0 Å². The standard InChI is InChI=1S/C14H7ClINO3/c15-7-4-5-10(16)9(6-7)13-17-12-8(14(18)19)2-1-3-11(12)20-13/h1-6H,(H,18,19). The Bertz CT molecular complexity index is 828. The molecule has 0 aliphatic carbocycles. The zero-order valence-electron chi connectivity index (χ0n) is 9.93. The monoisotopic (exact) mass is 399 g/mol. The topological polar surface area (TPSA) is 63.3 Å². The molecule has 6 heteroatoms. The Labute approximate surface area is 132 Å². The van der Waals surface area contributed by atoms with Crippen molar-refractivity contribution in [3.05, 3.63) is 50.6 Å². The predicted molar refractivity (Wildman–Crippen MR) is 84.1 cm³/mol. The van der Waals surface area contributed by atoms with Crippen LogP contribution in [-0.4, -0.2) is 16.1 Å². The molecule has 0 radical (unpaired) electrons. The smallest absolute Gasteiger partial charge is 0.338 e. The van der Waals surface area contributed by atoms with E-state index in [4.69, 9.17) is 21.1 Å². The number of para-hydroxylation sites is 1. The van der Waals surface area contributed by atoms with Gasteiger partial charge in [0.1, 0.15) is 5.52 Å². The molecule has 0 aliphatic heterocycles. The number of nitrogens with zero attached hydrogens (tertiary/aromatic N) is 1. The lowest BCUT2D eigenvalue weighted by atomic mass is 10.2. The highest BCUT2D eigenvalue weighted by molar-refractivity contribution is 14.1. The van der Waals surface area contributed by atoms with E-state index >= 15 is 0 Å². The Hall–Kier alpha value is -1.60. The molecule has 20 heavy (non-hydrogen) atoms. The summed E-state index contributed by atoms with van der Waals surface area (Å²) in [5.41, 5.74) is 1.64. The second-order valence-electron chi connectivity index (χ2n) is 4.10. The van der Waals surface area contributed by atoms with Crippen LogP contribution in [0.3, 0.4) is 0 Å². The molecule has 3 aromatic rings. The highest BCUT2D eigenvalue weighted by Gasteiger charge is 2.16. The summed E-state index contributed by atoms with van der Waals surface area (Å²) in [5.74, 6) is -0.670. The van der Waals surface area contributed by atoms with Gasteiger partial charge in [-0.25, -0.2) is 9.78 Å². The summed E-state index contributed by atoms with van der Waals surface area (Å²) in [7, 11) is 0. The molecule has 0 amide bonds. The summed E-state index contributed by atoms with van der Waals surface area (Å²) in [6.07, 6.45) is 0. The number of halogens is 2. The molecular formula is C14H7ClINO3. The summed E-state index contributed by atoms with van der Waals surface area (Å²) >= 11 is 8.13. The third-order valence-corrected chi connectivity index (χ3v) is 3.98. The minimum Gasteiger partial charge on any atom is -0.478 e. The van der Waals surface area contributed by atoms with Gasteiger partial charge < -0.3 is 9.52 Å². The molecule has 0 saturated carbocycles. The van der Waals surface area contributed by atoms with E-state index in [2.05, 4.69) is 27.6 Å². The summed E-state index contributed by atoms with van der Waals surface area (Å²) in [6, 6.07) is 10.2. The van der Waals surface area contributed by atoms with E-state index in [9.17, 15) is 4.79 Å². The SMILES string of the molecule is O=C(O)c1cccc2oc(-c3cc(Cl)ccc3I)nc12. The molecule has 1 aromatic heterocycles. The predicted octanol–water partition coefficient (Wildman–Crippen LogP) is 4.45. The number of rotatable bonds is 2. The van der Waals surface area contributed by atoms with E-state index in [1.54, 1.807) is 24.3 Å². The van der Waals surface area contributed by atoms with E-state index in [0.29, 0.717) is 22.0 Å². The van der Waals surface area contributed by atoms with Gasteiger partial charge in [-0.05, 0) is 52.9 Å². The van der Waals surface area contributed by atoms with E-state index in [1.165, 1.54) is 6.07 Å². The molecule has 0 unspecified atom stereocenters. The average Bonchev–Trinajstić information content (AvgIpc) is 2.84. The van der Waals surface area contributed by atoms with E-state index in [1.807, 2.05) is 6.07 Å². The van der Waals surface area contributed by atoms with Gasteiger partial charge in [0.25, 0.3) is 0 Å². The van der Waals surface area contributed by atoms with Gasteiger partial charge in [-0.1, -0.05) is 17.7 Å². The largest absolute Gasteiger partial charge is 0.478 e. The summed E-state index contributed by atoms with van der Waals surface area (Å²) < 4.78 is 6.57. The molecule has 0 spiro atoms. The third kappa shape index (κ3) is 2.27. The first-order chi connectivity index (χ1) is 9.56. The molecular weight excluding hydrogens is 393 g/mol. The molecule has 3 rings (SSSR count). The van der Waals surface area contributed by atoms with Crippen molar-refractivity contribution < 1.29 is 14.3 Å². The van der Waals surface area contributed by atoms with Gasteiger partial charge in [0.15, 0.2) is 5.58 Å². The van der Waals surface area contributed by atoms with Crippen molar-refractivity contribution in [3.63, 3.8) is 0 Å². The maximum absolute atomic E-state index is 11.2. The van der Waals surface area contributed by atoms with Crippen LogP contribution >= 0.6 is 34.2 Å². The first-order valence-electron chi connectivity index (χ1n) is 5.64. The van der Waals surface area contributed by atoms with Crippen molar-refractivity contribution in [1.82, 2.24) is 4.98 Å². The Morgan fingerprint density at radius 1 is 1.30 bits per heavy atom. The average molecular weight is 400 g/mol. The number of carbonyl (C=O) groups is 1. The zero-order chi connectivity index (χ0) is 14.3. The van der Waals surface area contributed by atoms with Crippen LogP contribution in [0.2, 0.25) is 5.02 Å². The number of aromatic carboxylic acids is 1. The fourth-order valence-corrected chi connectivity index (χ4v) is 2.64. The maximum atomic E-state index is 11.2. The van der Waals surface area contributed by atoms with Gasteiger partial charge in [0.05, 0.1) is 11.1 Å². The molecule has 0 atom stereocenters. The number of hydrogen-bond acceptors (Lipinski definition) is 3. The Morgan fingerprint density at radius 3 is 2.85 bits per heavy atom. The van der Waals surface area contributed by atoms with Crippen LogP contribution in [0.25, 0.3) is 22.6 Å². The van der Waals surface area contributed by atoms with Crippen LogP contribution in [0.5, 0.6) is 0 Å². The van der Waals surface area contributed by atoms with Crippen LogP contribution in [-0.2, 0) is 0 Å². The Kier molecular flexibility index (Phi) is 3.39. The second-order valence-corrected chi connectivity index (χ2v) is 5.70. The number of fused-ring (bicyclic) bond motifs is 1. The van der Waals surface area contributed by atoms with Gasteiger partial charge in [0, 0.05) is 8.59 Å². The minimum absolute atomic E-state index is 0.120. The van der Waals surface area contributed by atoms with E-state index < -0.39 is 5.97 Å². The van der Waals surface area contributed by atoms with Crippen molar-refractivity contribution in [1.29, 1.82) is 0 Å². The molecule has 0 fully saturated rings. The Morgan fingerprint density at radius 2 is 2.10 bits per heavy atom. The normalized spacial score (nSPS) is 10.9. The summed E-state index contributed by atoms with van der Waals surface area (Å²) in [6.45, 7) is 0. The molecule has 0 saturated heterocycles. The van der Waals surface area contributed by atoms with Gasteiger partial charge in [-0.2, -0.15) is 0 Å². The number of benzene rings is 2. The molecule has 100 valence electrons. The lowest BCUT2D eigenvalue weighted by molar-refractivity contribution is 0.0699. The molecule has 4 nitrogen and oxygen atoms in total. The van der Waals surface area contributed by atoms with Crippen LogP contribution < -0.4 is 0 Å². The van der Waals surface area contributed by atoms with Crippen molar-refractivity contribution in [2.75, 3.05) is 0 Å². The van der Waals surface area contributed by atoms with Crippen molar-refractivity contribution in [3.8, 4) is 11.5 Å². The van der Waals surface area contributed by atoms with Crippen molar-refractivity contribution in [2.45, 2.75) is 0 Å². The van der Waals surface area contributed by atoms with Gasteiger partial charge >= 0.3 is 5.97 Å². The number of carboxylic acids is 1. The molecule has 0 aliphatic rings. The first kappa shape index (κ1) is 13.4. The van der Waals surface area contributed by atoms with Crippen LogP contribution in [0, 0.1) is 3.57 Å². The third-order valence-electron chi connectivity index (χ3n) is 2.81. The van der Waals surface area contributed by atoms with E-state index in [-0.39, 0.29) is 5.56 Å². The lowest BCUT2D eigenvalue weighted by Crippen LogP contribution is -1.96. The maximum Gasteiger partial charge on any atom is 0.338 e. The van der Waals surface area contributed by atoms with Crippen molar-refractivity contribution in [2.24, 2.45) is 0 Å². The molecule has 1 N–H and O–H groups in total. The lowest BCUT2D eigenvalue weighted by Gasteiger charge is -1.99. The summed E-state index contributed by atoms with van der Waals surface area (Å²) in [5, 5.41) is 9.73. The van der Waals surface area contributed by atoms with E-state index in [0.717, 1.165) is 9.13 Å². The van der Waals surface area contributed by atoms with Crippen LogP contribution in [0.4, 0.5) is 0 Å². The quantitative estimate of drug-likeness (QED) is 0.647. The molecule has 1 heterocycles. The zero-order valence-corrected chi connectivity index (χ0v) is 12.8. The number of oxazole rings is 1. The van der Waals surface area contributed by atoms with Gasteiger partial charge in [-0.15, -0.1) is 0 Å². The first-order valence-corrected chi connectivity index (χ1v) is 7.10. The van der Waals surface area contributed by atoms with Crippen LogP contribution in [0.15, 0.2) is 40.8 Å². The molecule has 0 bridgehead atoms. The number of hydrogen-bond donors (Lipinski definition) is 1. The highest BCUT2D eigenvalue weighted by Crippen LogP contribution is 2.31. The van der Waals surface area contributed by atoms with Gasteiger partial charge in [0.2, 0.25) is 5.89 Å². The highest BCUT2D eigenvalue weighted by atomic mass is 127. The Balaban J connectivity index is 2.26. The minimum atomic E-state index is -1.03. The number of aromatic nitrogens is 1. The molecule has 2 aromatic carbocycles. The summed E-state index contributed by atoms with van der Waals surface area (Å²) in [4.78, 5) is 15.5. The number of carboxylic acid groups (broad SMARTS) is 1.